The zero-order chi connectivity index (χ0) is 17.4. The number of hydrogen-bond acceptors (Lipinski definition) is 3. The lowest BCUT2D eigenvalue weighted by molar-refractivity contribution is -0.133. The second kappa shape index (κ2) is 6.73. The van der Waals surface area contributed by atoms with Crippen LogP contribution in [0.1, 0.15) is 50.0 Å². The number of urea groups is 1. The summed E-state index contributed by atoms with van der Waals surface area (Å²) < 4.78 is 5.90. The van der Waals surface area contributed by atoms with Crippen LogP contribution in [0.3, 0.4) is 0 Å². The molecular weight excluding hydrogens is 318 g/mol. The molecule has 2 aliphatic heterocycles. The molecule has 1 saturated carbocycles. The van der Waals surface area contributed by atoms with Crippen LogP contribution in [0.25, 0.3) is 0 Å². The minimum absolute atomic E-state index is 0.0109. The van der Waals surface area contributed by atoms with Gasteiger partial charge in [0.25, 0.3) is 0 Å². The normalized spacial score (nSPS) is 29.0. The van der Waals surface area contributed by atoms with Crippen LogP contribution in [-0.2, 0) is 11.2 Å². The summed E-state index contributed by atoms with van der Waals surface area (Å²) in [5.74, 6) is 3.47. The van der Waals surface area contributed by atoms with Gasteiger partial charge in [-0.15, -0.1) is 0 Å². The van der Waals surface area contributed by atoms with Crippen LogP contribution >= 0.6 is 0 Å². The third-order valence-corrected chi connectivity index (χ3v) is 5.82. The van der Waals surface area contributed by atoms with Crippen molar-refractivity contribution in [2.24, 2.45) is 5.92 Å². The van der Waals surface area contributed by atoms with Crippen molar-refractivity contribution in [3.8, 4) is 0 Å². The summed E-state index contributed by atoms with van der Waals surface area (Å²) in [7, 11) is 0. The Kier molecular flexibility index (Phi) is 4.44. The van der Waals surface area contributed by atoms with Gasteiger partial charge >= 0.3 is 6.03 Å². The van der Waals surface area contributed by atoms with Gasteiger partial charge in [0, 0.05) is 44.9 Å². The first kappa shape index (κ1) is 16.5. The fourth-order valence-corrected chi connectivity index (χ4v) is 4.11. The molecule has 0 aromatic carbocycles. The smallest absolute Gasteiger partial charge is 0.317 e. The van der Waals surface area contributed by atoms with Gasteiger partial charge in [0.2, 0.25) is 5.91 Å². The number of amides is 3. The number of rotatable bonds is 5. The Morgan fingerprint density at radius 1 is 1.36 bits per heavy atom. The molecule has 1 N–H and O–H groups in total. The number of aryl methyl sites for hydroxylation is 1. The first-order chi connectivity index (χ1) is 12.1. The van der Waals surface area contributed by atoms with Gasteiger partial charge in [-0.05, 0) is 37.3 Å². The van der Waals surface area contributed by atoms with E-state index in [1.54, 1.807) is 0 Å². The summed E-state index contributed by atoms with van der Waals surface area (Å²) in [6.45, 7) is 5.16. The second-order valence-electron chi connectivity index (χ2n) is 7.68. The minimum Gasteiger partial charge on any atom is -0.466 e. The lowest BCUT2D eigenvalue weighted by atomic mass is 10.0. The van der Waals surface area contributed by atoms with Gasteiger partial charge in [-0.3, -0.25) is 4.79 Å². The number of furan rings is 1. The van der Waals surface area contributed by atoms with Gasteiger partial charge in [-0.25, -0.2) is 4.79 Å². The van der Waals surface area contributed by atoms with Gasteiger partial charge in [-0.2, -0.15) is 0 Å². The molecule has 6 nitrogen and oxygen atoms in total. The fourth-order valence-electron chi connectivity index (χ4n) is 4.11. The minimum atomic E-state index is 0.0109. The van der Waals surface area contributed by atoms with Crippen LogP contribution in [0.2, 0.25) is 0 Å². The first-order valence-corrected chi connectivity index (χ1v) is 9.52. The summed E-state index contributed by atoms with van der Waals surface area (Å²) >= 11 is 0. The predicted octanol–water partition coefficient (Wildman–Crippen LogP) is 2.35. The Bertz CT molecular complexity index is 656. The molecule has 1 aromatic heterocycles. The lowest BCUT2D eigenvalue weighted by Crippen LogP contribution is -2.50. The molecule has 1 aliphatic carbocycles. The van der Waals surface area contributed by atoms with Crippen molar-refractivity contribution in [1.29, 1.82) is 0 Å². The maximum Gasteiger partial charge on any atom is 0.317 e. The zero-order valence-electron chi connectivity index (χ0n) is 14.9. The third kappa shape index (κ3) is 3.53. The van der Waals surface area contributed by atoms with Crippen LogP contribution in [0, 0.1) is 5.92 Å². The highest BCUT2D eigenvalue weighted by Gasteiger charge is 2.36. The highest BCUT2D eigenvalue weighted by atomic mass is 16.3. The first-order valence-electron chi connectivity index (χ1n) is 9.52. The average molecular weight is 345 g/mol. The maximum atomic E-state index is 12.6. The molecule has 3 unspecified atom stereocenters. The van der Waals surface area contributed by atoms with Gasteiger partial charge in [-0.1, -0.05) is 6.92 Å². The topological polar surface area (TPSA) is 65.8 Å². The molecule has 0 spiro atoms. The Hall–Kier alpha value is -1.98. The van der Waals surface area contributed by atoms with Crippen LogP contribution in [0.15, 0.2) is 16.5 Å². The molecule has 136 valence electrons. The number of nitrogens with one attached hydrogen (secondary N) is 1. The maximum absolute atomic E-state index is 12.6. The van der Waals surface area contributed by atoms with Crippen LogP contribution in [-0.4, -0.2) is 54.0 Å². The Labute approximate surface area is 148 Å². The molecular formula is C19H27N3O3. The van der Waals surface area contributed by atoms with Gasteiger partial charge in [0.15, 0.2) is 0 Å². The molecule has 1 aromatic rings. The van der Waals surface area contributed by atoms with Crippen molar-refractivity contribution >= 4 is 11.9 Å². The standard InChI is InChI=1S/C19H27N3O3/c1-13-11-16(13)17-6-4-15(25-17)5-7-18(23)21-9-2-3-14(12-21)22-10-8-20-19(22)24/h4,6,13-14,16H,2-3,5,7-12H2,1H3,(H,20,24). The van der Waals surface area contributed by atoms with Crippen molar-refractivity contribution in [3.05, 3.63) is 23.7 Å². The average Bonchev–Trinajstić information content (AvgIpc) is 3.02. The van der Waals surface area contributed by atoms with E-state index in [4.69, 9.17) is 4.42 Å². The Balaban J connectivity index is 1.28. The van der Waals surface area contributed by atoms with Crippen molar-refractivity contribution < 1.29 is 14.0 Å². The summed E-state index contributed by atoms with van der Waals surface area (Å²) in [5, 5.41) is 2.85. The molecule has 3 aliphatic rings. The van der Waals surface area contributed by atoms with E-state index in [-0.39, 0.29) is 18.0 Å². The van der Waals surface area contributed by atoms with Crippen molar-refractivity contribution in [1.82, 2.24) is 15.1 Å². The molecule has 3 atom stereocenters. The van der Waals surface area contributed by atoms with E-state index < -0.39 is 0 Å². The Morgan fingerprint density at radius 2 is 2.20 bits per heavy atom. The molecule has 0 bridgehead atoms. The van der Waals surface area contributed by atoms with Crippen LogP contribution in [0.4, 0.5) is 4.79 Å². The molecule has 25 heavy (non-hydrogen) atoms. The number of carbonyl (C=O) groups is 2. The van der Waals surface area contributed by atoms with E-state index in [1.807, 2.05) is 15.9 Å². The number of piperidine rings is 1. The summed E-state index contributed by atoms with van der Waals surface area (Å²) in [4.78, 5) is 28.2. The lowest BCUT2D eigenvalue weighted by Gasteiger charge is -2.37. The quantitative estimate of drug-likeness (QED) is 0.891. The van der Waals surface area contributed by atoms with Crippen LogP contribution < -0.4 is 5.32 Å². The van der Waals surface area contributed by atoms with Crippen molar-refractivity contribution in [3.63, 3.8) is 0 Å². The molecule has 3 amide bonds. The van der Waals surface area contributed by atoms with E-state index in [9.17, 15) is 9.59 Å². The molecule has 4 rings (SSSR count). The monoisotopic (exact) mass is 345 g/mol. The van der Waals surface area contributed by atoms with Crippen molar-refractivity contribution in [2.75, 3.05) is 26.2 Å². The largest absolute Gasteiger partial charge is 0.466 e. The zero-order valence-corrected chi connectivity index (χ0v) is 14.9. The molecule has 0 radical (unpaired) electrons. The number of hydrogen-bond donors (Lipinski definition) is 1. The predicted molar refractivity (Wildman–Crippen MR) is 93.3 cm³/mol. The summed E-state index contributed by atoms with van der Waals surface area (Å²) in [6, 6.07) is 4.25. The van der Waals surface area contributed by atoms with Crippen molar-refractivity contribution in [2.45, 2.75) is 51.0 Å². The molecule has 6 heteroatoms. The summed E-state index contributed by atoms with van der Waals surface area (Å²) in [5.41, 5.74) is 0. The van der Waals surface area contributed by atoms with E-state index in [0.717, 1.165) is 43.4 Å². The van der Waals surface area contributed by atoms with Gasteiger partial charge < -0.3 is 19.5 Å². The number of carbonyl (C=O) groups excluding carboxylic acids is 2. The Morgan fingerprint density at radius 3 is 2.92 bits per heavy atom. The fraction of sp³-hybridized carbons (Fsp3) is 0.684. The molecule has 2 saturated heterocycles. The highest BCUT2D eigenvalue weighted by Crippen LogP contribution is 2.47. The SMILES string of the molecule is CC1CC1c1ccc(CCC(=O)N2CCCC(N3CCNC3=O)C2)o1. The van der Waals surface area contributed by atoms with Gasteiger partial charge in [0.1, 0.15) is 11.5 Å². The number of nitrogens with zero attached hydrogens (tertiary/aromatic N) is 2. The van der Waals surface area contributed by atoms with E-state index in [2.05, 4.69) is 18.3 Å². The molecule has 3 heterocycles. The van der Waals surface area contributed by atoms with E-state index in [1.165, 1.54) is 6.42 Å². The highest BCUT2D eigenvalue weighted by molar-refractivity contribution is 5.78. The van der Waals surface area contributed by atoms with Gasteiger partial charge in [0.05, 0.1) is 6.04 Å². The van der Waals surface area contributed by atoms with Crippen LogP contribution in [0.5, 0.6) is 0 Å². The number of likely N-dealkylation sites (tertiary alicyclic amines) is 1. The third-order valence-electron chi connectivity index (χ3n) is 5.82. The molecule has 3 fully saturated rings. The second-order valence-corrected chi connectivity index (χ2v) is 7.68. The van der Waals surface area contributed by atoms with E-state index in [0.29, 0.717) is 31.8 Å². The summed E-state index contributed by atoms with van der Waals surface area (Å²) in [6.07, 6.45) is 4.30. The van der Waals surface area contributed by atoms with E-state index >= 15 is 0 Å².